The quantitative estimate of drug-likeness (QED) is 0.548. The van der Waals surface area contributed by atoms with Crippen molar-refractivity contribution >= 4 is 43.3 Å². The van der Waals surface area contributed by atoms with Gasteiger partial charge in [0.2, 0.25) is 0 Å². The smallest absolute Gasteiger partial charge is 0.0741 e. The molecule has 5 rings (SSSR count). The highest BCUT2D eigenvalue weighted by atomic mass is 79.9. The lowest BCUT2D eigenvalue weighted by molar-refractivity contribution is 0.686. The fraction of sp³-hybridized carbons (Fsp3) is 0.286. The minimum Gasteiger partial charge on any atom is -0.361 e. The van der Waals surface area contributed by atoms with E-state index in [0.717, 1.165) is 24.8 Å². The zero-order valence-electron chi connectivity index (χ0n) is 13.5. The summed E-state index contributed by atoms with van der Waals surface area (Å²) in [5.74, 6) is 0. The van der Waals surface area contributed by atoms with Crippen LogP contribution in [0.1, 0.15) is 42.5 Å². The van der Waals surface area contributed by atoms with Gasteiger partial charge in [0.05, 0.1) is 11.2 Å². The fourth-order valence-electron chi connectivity index (χ4n) is 4.23. The predicted octanol–water partition coefficient (Wildman–Crippen LogP) is 6.05. The Balaban J connectivity index is 1.86. The van der Waals surface area contributed by atoms with Crippen LogP contribution < -0.4 is 0 Å². The van der Waals surface area contributed by atoms with Crippen molar-refractivity contribution in [3.8, 4) is 0 Å². The Morgan fingerprint density at radius 1 is 1.00 bits per heavy atom. The monoisotopic (exact) mass is 378 g/mol. The van der Waals surface area contributed by atoms with Crippen LogP contribution in [0.2, 0.25) is 0 Å². The first-order valence-corrected chi connectivity index (χ1v) is 9.59. The molecule has 2 heterocycles. The highest BCUT2D eigenvalue weighted by molar-refractivity contribution is 9.11. The van der Waals surface area contributed by atoms with Crippen molar-refractivity contribution in [1.29, 1.82) is 0 Å². The van der Waals surface area contributed by atoms with E-state index in [1.165, 1.54) is 62.4 Å². The molecule has 2 aliphatic rings. The molecule has 2 aliphatic carbocycles. The van der Waals surface area contributed by atoms with Gasteiger partial charge in [-0.3, -0.25) is 0 Å². The van der Waals surface area contributed by atoms with Crippen LogP contribution in [0.5, 0.6) is 0 Å². The lowest BCUT2D eigenvalue weighted by Gasteiger charge is -2.23. The number of nitrogens with one attached hydrogen (secondary N) is 1. The average Bonchev–Trinajstić information content (AvgIpc) is 3.09. The third-order valence-corrected chi connectivity index (χ3v) is 5.96. The van der Waals surface area contributed by atoms with Crippen molar-refractivity contribution in [2.24, 2.45) is 0 Å². The topological polar surface area (TPSA) is 28.7 Å². The molecule has 0 atom stereocenters. The summed E-state index contributed by atoms with van der Waals surface area (Å²) < 4.78 is 1.28. The molecule has 0 unspecified atom stereocenters. The van der Waals surface area contributed by atoms with Gasteiger partial charge in [-0.05, 0) is 84.0 Å². The summed E-state index contributed by atoms with van der Waals surface area (Å²) in [6.45, 7) is 0. The Morgan fingerprint density at radius 3 is 2.75 bits per heavy atom. The summed E-state index contributed by atoms with van der Waals surface area (Å²) in [6.07, 6.45) is 13.7. The summed E-state index contributed by atoms with van der Waals surface area (Å²) in [5.41, 5.74) is 7.86. The number of aryl methyl sites for hydroxylation is 1. The number of hydrogen-bond donors (Lipinski definition) is 1. The number of H-pyrrole nitrogens is 1. The molecule has 1 aromatic carbocycles. The normalized spacial score (nSPS) is 17.7. The van der Waals surface area contributed by atoms with E-state index in [0.29, 0.717) is 0 Å². The number of hydrogen-bond acceptors (Lipinski definition) is 1. The Morgan fingerprint density at radius 2 is 1.88 bits per heavy atom. The van der Waals surface area contributed by atoms with Crippen LogP contribution in [0, 0.1) is 0 Å². The van der Waals surface area contributed by atoms with Crippen LogP contribution in [0.25, 0.3) is 27.4 Å². The molecule has 0 bridgehead atoms. The van der Waals surface area contributed by atoms with Crippen molar-refractivity contribution in [1.82, 2.24) is 9.97 Å². The molecule has 2 nitrogen and oxygen atoms in total. The van der Waals surface area contributed by atoms with Crippen LogP contribution in [0.3, 0.4) is 0 Å². The van der Waals surface area contributed by atoms with E-state index < -0.39 is 0 Å². The number of aromatic nitrogens is 2. The number of fused-ring (bicyclic) bond motifs is 5. The van der Waals surface area contributed by atoms with Crippen molar-refractivity contribution < 1.29 is 0 Å². The standard InChI is InChI=1S/C21H19BrN2/c22-14-5-3-4-13(12-14)21-16-7-2-1-6-15(16)20-17-10-11-23-18(17)8-9-19(20)24-21/h4,8-12,23H,1-3,5-7H2. The Bertz CT molecular complexity index is 1020. The molecule has 0 saturated heterocycles. The molecule has 3 heteroatoms. The zero-order chi connectivity index (χ0) is 16.1. The summed E-state index contributed by atoms with van der Waals surface area (Å²) in [6, 6.07) is 6.53. The number of halogens is 1. The minimum atomic E-state index is 1.09. The molecule has 0 spiro atoms. The van der Waals surface area contributed by atoms with Crippen molar-refractivity contribution in [2.75, 3.05) is 0 Å². The van der Waals surface area contributed by atoms with E-state index in [-0.39, 0.29) is 0 Å². The largest absolute Gasteiger partial charge is 0.361 e. The molecule has 0 amide bonds. The van der Waals surface area contributed by atoms with E-state index in [9.17, 15) is 0 Å². The number of pyridine rings is 1. The first-order valence-electron chi connectivity index (χ1n) is 8.79. The molecular weight excluding hydrogens is 360 g/mol. The molecule has 120 valence electrons. The fourth-order valence-corrected chi connectivity index (χ4v) is 4.71. The summed E-state index contributed by atoms with van der Waals surface area (Å²) in [5, 5.41) is 2.69. The lowest BCUT2D eigenvalue weighted by Crippen LogP contribution is -2.10. The summed E-state index contributed by atoms with van der Waals surface area (Å²) in [4.78, 5) is 8.48. The number of nitrogens with zero attached hydrogens (tertiary/aromatic N) is 1. The van der Waals surface area contributed by atoms with Gasteiger partial charge >= 0.3 is 0 Å². The van der Waals surface area contributed by atoms with Gasteiger partial charge in [-0.1, -0.05) is 22.0 Å². The molecule has 0 radical (unpaired) electrons. The van der Waals surface area contributed by atoms with Crippen LogP contribution in [0.4, 0.5) is 0 Å². The van der Waals surface area contributed by atoms with Crippen LogP contribution >= 0.6 is 15.9 Å². The number of rotatable bonds is 1. The highest BCUT2D eigenvalue weighted by Gasteiger charge is 2.22. The molecule has 24 heavy (non-hydrogen) atoms. The number of aromatic amines is 1. The van der Waals surface area contributed by atoms with Gasteiger partial charge in [0, 0.05) is 22.5 Å². The lowest BCUT2D eigenvalue weighted by atomic mass is 9.84. The van der Waals surface area contributed by atoms with Gasteiger partial charge in [-0.25, -0.2) is 4.98 Å². The molecule has 0 saturated carbocycles. The van der Waals surface area contributed by atoms with Crippen LogP contribution in [-0.2, 0) is 12.8 Å². The SMILES string of the molecule is BrC1=CC(c2nc3ccc4[nH]ccc4c3c3c2CCCC3)=CCC1. The van der Waals surface area contributed by atoms with Gasteiger partial charge in [0.1, 0.15) is 0 Å². The minimum absolute atomic E-state index is 1.09. The van der Waals surface area contributed by atoms with Crippen LogP contribution in [0.15, 0.2) is 41.0 Å². The summed E-state index contributed by atoms with van der Waals surface area (Å²) >= 11 is 3.69. The second-order valence-electron chi connectivity index (χ2n) is 6.81. The van der Waals surface area contributed by atoms with Crippen molar-refractivity contribution in [3.63, 3.8) is 0 Å². The van der Waals surface area contributed by atoms with Gasteiger partial charge in [0.15, 0.2) is 0 Å². The van der Waals surface area contributed by atoms with E-state index in [2.05, 4.69) is 51.3 Å². The molecule has 0 fully saturated rings. The van der Waals surface area contributed by atoms with Gasteiger partial charge in [-0.15, -0.1) is 0 Å². The Hall–Kier alpha value is -1.87. The van der Waals surface area contributed by atoms with Crippen molar-refractivity contribution in [2.45, 2.75) is 38.5 Å². The third kappa shape index (κ3) is 2.18. The maximum Gasteiger partial charge on any atom is 0.0741 e. The van der Waals surface area contributed by atoms with Crippen molar-refractivity contribution in [3.05, 3.63) is 57.9 Å². The molecule has 0 aliphatic heterocycles. The molecule has 3 aromatic rings. The van der Waals surface area contributed by atoms with Crippen LogP contribution in [-0.4, -0.2) is 9.97 Å². The molecular formula is C21H19BrN2. The first kappa shape index (κ1) is 14.5. The third-order valence-electron chi connectivity index (χ3n) is 5.33. The van der Waals surface area contributed by atoms with E-state index >= 15 is 0 Å². The van der Waals surface area contributed by atoms with E-state index in [1.54, 1.807) is 0 Å². The first-order chi connectivity index (χ1) is 11.8. The van der Waals surface area contributed by atoms with Gasteiger partial charge < -0.3 is 4.98 Å². The maximum absolute atomic E-state index is 5.13. The zero-order valence-corrected chi connectivity index (χ0v) is 15.1. The maximum atomic E-state index is 5.13. The van der Waals surface area contributed by atoms with E-state index in [1.807, 2.05) is 6.20 Å². The molecule has 1 N–H and O–H groups in total. The predicted molar refractivity (Wildman–Crippen MR) is 104 cm³/mol. The second-order valence-corrected chi connectivity index (χ2v) is 7.83. The average molecular weight is 379 g/mol. The number of benzene rings is 1. The second kappa shape index (κ2) is 5.59. The Labute approximate surface area is 149 Å². The highest BCUT2D eigenvalue weighted by Crippen LogP contribution is 2.38. The van der Waals surface area contributed by atoms with Gasteiger partial charge in [-0.2, -0.15) is 0 Å². The molecule has 2 aromatic heterocycles. The van der Waals surface area contributed by atoms with E-state index in [4.69, 9.17) is 4.98 Å². The Kier molecular flexibility index (Phi) is 3.37. The van der Waals surface area contributed by atoms with Gasteiger partial charge in [0.25, 0.3) is 0 Å². The number of allylic oxidation sites excluding steroid dienone is 4. The summed E-state index contributed by atoms with van der Waals surface area (Å²) in [7, 11) is 0.